The molecule has 0 fully saturated rings. The second-order valence-corrected chi connectivity index (χ2v) is 16.2. The quantitative estimate of drug-likeness (QED) is 0.197. The molecule has 0 saturated carbocycles. The lowest BCUT2D eigenvalue weighted by molar-refractivity contribution is 0.202. The molecule has 0 aromatic heterocycles. The van der Waals surface area contributed by atoms with E-state index in [2.05, 4.69) is 53.8 Å². The topological polar surface area (TPSA) is 44.5 Å². The molecule has 160 valence electrons. The normalized spacial score (nSPS) is 12.8. The van der Waals surface area contributed by atoms with E-state index in [1.807, 2.05) is 36.4 Å². The van der Waals surface area contributed by atoms with Gasteiger partial charge >= 0.3 is 0 Å². The number of hydrogen-bond acceptors (Lipinski definition) is 4. The van der Waals surface area contributed by atoms with E-state index in [0.29, 0.717) is 23.9 Å². The van der Waals surface area contributed by atoms with Gasteiger partial charge in [-0.15, -0.1) is 11.8 Å². The van der Waals surface area contributed by atoms with Crippen molar-refractivity contribution >= 4 is 37.4 Å². The highest BCUT2D eigenvalue weighted by atomic mass is 35.5. The van der Waals surface area contributed by atoms with Crippen LogP contribution in [0, 0.1) is 0 Å². The molecule has 3 nitrogen and oxygen atoms in total. The first kappa shape index (κ1) is 24.1. The highest BCUT2D eigenvalue weighted by Crippen LogP contribution is 2.45. The van der Waals surface area contributed by atoms with E-state index in [1.54, 1.807) is 11.8 Å². The van der Waals surface area contributed by atoms with Gasteiger partial charge in [0.25, 0.3) is 0 Å². The van der Waals surface area contributed by atoms with Crippen LogP contribution in [0.25, 0.3) is 0 Å². The molecule has 2 N–H and O–H groups in total. The van der Waals surface area contributed by atoms with Crippen molar-refractivity contribution in [1.82, 2.24) is 0 Å². The van der Waals surface area contributed by atoms with Crippen molar-refractivity contribution in [2.75, 3.05) is 18.9 Å². The fourth-order valence-corrected chi connectivity index (χ4v) is 5.02. The van der Waals surface area contributed by atoms with Crippen molar-refractivity contribution in [2.45, 2.75) is 62.4 Å². The summed E-state index contributed by atoms with van der Waals surface area (Å²) in [6, 6.07) is 14.0. The van der Waals surface area contributed by atoms with Gasteiger partial charge in [0.15, 0.2) is 8.32 Å². The standard InChI is InChI=1S/C23H34ClNO2SSi/c1-22(2,3)29(6,7)27-15-14-26-21-11-9-8-10-18(21)23(4,5)28-17-12-13-19(24)20(25)16-17/h8-13,16H,14-15,25H2,1-7H3. The van der Waals surface area contributed by atoms with Crippen LogP contribution in [0.5, 0.6) is 5.75 Å². The Morgan fingerprint density at radius 3 is 2.28 bits per heavy atom. The zero-order valence-corrected chi connectivity index (χ0v) is 21.2. The Balaban J connectivity index is 2.08. The maximum Gasteiger partial charge on any atom is 0.192 e. The largest absolute Gasteiger partial charge is 0.491 e. The average molecular weight is 452 g/mol. The summed E-state index contributed by atoms with van der Waals surface area (Å²) in [6.07, 6.45) is 0. The lowest BCUT2D eigenvalue weighted by atomic mass is 10.0. The van der Waals surface area contributed by atoms with Crippen LogP contribution in [0.2, 0.25) is 23.2 Å². The molecule has 0 atom stereocenters. The number of hydrogen-bond donors (Lipinski definition) is 1. The smallest absolute Gasteiger partial charge is 0.192 e. The van der Waals surface area contributed by atoms with Crippen molar-refractivity contribution < 1.29 is 9.16 Å². The Bertz CT molecular complexity index is 834. The van der Waals surface area contributed by atoms with E-state index in [4.69, 9.17) is 26.5 Å². The first-order chi connectivity index (χ1) is 13.3. The van der Waals surface area contributed by atoms with Gasteiger partial charge in [-0.05, 0) is 56.2 Å². The third-order valence-electron chi connectivity index (χ3n) is 5.49. The van der Waals surface area contributed by atoms with E-state index < -0.39 is 8.32 Å². The molecule has 0 aliphatic rings. The maximum atomic E-state index is 6.24. The molecular formula is C23H34ClNO2SSi. The van der Waals surface area contributed by atoms with E-state index in [0.717, 1.165) is 16.2 Å². The van der Waals surface area contributed by atoms with Crippen LogP contribution in [0.1, 0.15) is 40.2 Å². The number of rotatable bonds is 8. The van der Waals surface area contributed by atoms with Crippen LogP contribution >= 0.6 is 23.4 Å². The minimum atomic E-state index is -1.76. The Morgan fingerprint density at radius 1 is 1.00 bits per heavy atom. The summed E-state index contributed by atoms with van der Waals surface area (Å²) in [4.78, 5) is 1.08. The van der Waals surface area contributed by atoms with E-state index in [-0.39, 0.29) is 9.79 Å². The lowest BCUT2D eigenvalue weighted by Gasteiger charge is -2.36. The third-order valence-corrected chi connectivity index (χ3v) is 11.6. The summed E-state index contributed by atoms with van der Waals surface area (Å²) < 4.78 is 12.2. The Labute approximate surface area is 186 Å². The molecular weight excluding hydrogens is 418 g/mol. The number of nitrogen functional groups attached to an aromatic ring is 1. The average Bonchev–Trinajstić information content (AvgIpc) is 2.61. The molecule has 0 aliphatic carbocycles. The van der Waals surface area contributed by atoms with Gasteiger partial charge < -0.3 is 14.9 Å². The summed E-state index contributed by atoms with van der Waals surface area (Å²) in [6.45, 7) is 16.8. The lowest BCUT2D eigenvalue weighted by Crippen LogP contribution is -2.41. The number of nitrogens with two attached hydrogens (primary N) is 1. The third kappa shape index (κ3) is 6.42. The molecule has 0 amide bonds. The molecule has 2 aromatic rings. The Morgan fingerprint density at radius 2 is 1.66 bits per heavy atom. The number of thioether (sulfide) groups is 1. The fourth-order valence-electron chi connectivity index (χ4n) is 2.69. The first-order valence-corrected chi connectivity index (χ1v) is 14.0. The molecule has 6 heteroatoms. The van der Waals surface area contributed by atoms with Crippen LogP contribution in [-0.4, -0.2) is 21.5 Å². The minimum absolute atomic E-state index is 0.197. The van der Waals surface area contributed by atoms with Crippen molar-refractivity contribution in [3.05, 3.63) is 53.1 Å². The molecule has 2 rings (SSSR count). The first-order valence-electron chi connectivity index (χ1n) is 9.94. The zero-order chi connectivity index (χ0) is 21.9. The van der Waals surface area contributed by atoms with Crippen LogP contribution in [0.15, 0.2) is 47.4 Å². The molecule has 0 spiro atoms. The molecule has 0 aliphatic heterocycles. The van der Waals surface area contributed by atoms with Crippen molar-refractivity contribution in [1.29, 1.82) is 0 Å². The minimum Gasteiger partial charge on any atom is -0.491 e. The van der Waals surface area contributed by atoms with Gasteiger partial charge in [-0.3, -0.25) is 0 Å². The predicted molar refractivity (Wildman–Crippen MR) is 130 cm³/mol. The zero-order valence-electron chi connectivity index (χ0n) is 18.6. The molecule has 0 bridgehead atoms. The summed E-state index contributed by atoms with van der Waals surface area (Å²) in [5.74, 6) is 0.894. The van der Waals surface area contributed by atoms with Gasteiger partial charge in [-0.2, -0.15) is 0 Å². The second-order valence-electron chi connectivity index (χ2n) is 9.25. The molecule has 0 saturated heterocycles. The van der Waals surface area contributed by atoms with Crippen molar-refractivity contribution in [2.24, 2.45) is 0 Å². The van der Waals surface area contributed by atoms with Gasteiger partial charge in [-0.1, -0.05) is 50.6 Å². The number of halogens is 1. The molecule has 29 heavy (non-hydrogen) atoms. The van der Waals surface area contributed by atoms with E-state index >= 15 is 0 Å². The summed E-state index contributed by atoms with van der Waals surface area (Å²) >= 11 is 7.80. The fraction of sp³-hybridized carbons (Fsp3) is 0.478. The highest BCUT2D eigenvalue weighted by Gasteiger charge is 2.37. The number of benzene rings is 2. The van der Waals surface area contributed by atoms with Crippen molar-refractivity contribution in [3.8, 4) is 5.75 Å². The molecule has 2 aromatic carbocycles. The Kier molecular flexibility index (Phi) is 7.77. The number of ether oxygens (including phenoxy) is 1. The highest BCUT2D eigenvalue weighted by molar-refractivity contribution is 8.00. The van der Waals surface area contributed by atoms with Crippen LogP contribution in [0.4, 0.5) is 5.69 Å². The van der Waals surface area contributed by atoms with Crippen molar-refractivity contribution in [3.63, 3.8) is 0 Å². The number of para-hydroxylation sites is 1. The summed E-state index contributed by atoms with van der Waals surface area (Å²) in [5, 5.41) is 0.780. The summed E-state index contributed by atoms with van der Waals surface area (Å²) in [7, 11) is -1.76. The van der Waals surface area contributed by atoms with Gasteiger partial charge in [0, 0.05) is 15.2 Å². The predicted octanol–water partition coefficient (Wildman–Crippen LogP) is 7.35. The van der Waals surface area contributed by atoms with Crippen LogP contribution in [0.3, 0.4) is 0 Å². The SMILES string of the molecule is CC(C)(Sc1ccc(Cl)c(N)c1)c1ccccc1OCCO[Si](C)(C)C(C)(C)C. The van der Waals surface area contributed by atoms with E-state index in [9.17, 15) is 0 Å². The van der Waals surface area contributed by atoms with Gasteiger partial charge in [0.1, 0.15) is 12.4 Å². The summed E-state index contributed by atoms with van der Waals surface area (Å²) in [5.41, 5.74) is 7.72. The Hall–Kier alpha value is -1.14. The van der Waals surface area contributed by atoms with Gasteiger partial charge in [0.2, 0.25) is 0 Å². The molecule has 0 radical (unpaired) electrons. The maximum absolute atomic E-state index is 6.24. The molecule has 0 unspecified atom stereocenters. The van der Waals surface area contributed by atoms with Crippen LogP contribution in [-0.2, 0) is 9.17 Å². The van der Waals surface area contributed by atoms with Gasteiger partial charge in [0.05, 0.1) is 17.3 Å². The van der Waals surface area contributed by atoms with Crippen LogP contribution < -0.4 is 10.5 Å². The van der Waals surface area contributed by atoms with Gasteiger partial charge in [-0.25, -0.2) is 0 Å². The monoisotopic (exact) mass is 451 g/mol. The van der Waals surface area contributed by atoms with E-state index in [1.165, 1.54) is 0 Å². The second kappa shape index (κ2) is 9.34. The molecule has 0 heterocycles. The number of anilines is 1.